The van der Waals surface area contributed by atoms with E-state index in [0.717, 1.165) is 44.7 Å². The maximum Gasteiger partial charge on any atom is 0.220 e. The highest BCUT2D eigenvalue weighted by atomic mass is 16.5. The molecule has 0 radical (unpaired) electrons. The van der Waals surface area contributed by atoms with Crippen molar-refractivity contribution in [3.8, 4) is 0 Å². The molecule has 278 valence electrons. The summed E-state index contributed by atoms with van der Waals surface area (Å²) in [5.74, 6) is -0.687. The first-order valence-corrected chi connectivity index (χ1v) is 18.0. The van der Waals surface area contributed by atoms with E-state index in [-0.39, 0.29) is 17.4 Å². The first-order valence-electron chi connectivity index (χ1n) is 18.0. The highest BCUT2D eigenvalue weighted by Crippen LogP contribution is 2.31. The van der Waals surface area contributed by atoms with Gasteiger partial charge in [-0.2, -0.15) is 0 Å². The number of allylic oxidation sites excluding steroid dienone is 6. The van der Waals surface area contributed by atoms with Crippen LogP contribution in [0.25, 0.3) is 0 Å². The minimum absolute atomic E-state index is 0.0677. The number of primary amides is 1. The quantitative estimate of drug-likeness (QED) is 0.164. The van der Waals surface area contributed by atoms with Crippen molar-refractivity contribution in [2.45, 2.75) is 91.3 Å². The summed E-state index contributed by atoms with van der Waals surface area (Å²) in [6.07, 6.45) is 19.0. The number of nitrogens with two attached hydrogens (primary N) is 1. The SMILES string of the molecule is C1=CCC=C2CCCC2=C1.CC.CC(C)(C)NC=O.CNO.NC(=O)C(Cc1ccccc1)CC(O)CN1CCN(Cc2cccnc2)CC1. The van der Waals surface area contributed by atoms with Gasteiger partial charge in [-0.15, -0.1) is 0 Å². The van der Waals surface area contributed by atoms with Crippen molar-refractivity contribution >= 4 is 12.3 Å². The third kappa shape index (κ3) is 20.1. The Morgan fingerprint density at radius 1 is 1.00 bits per heavy atom. The smallest absolute Gasteiger partial charge is 0.220 e. The summed E-state index contributed by atoms with van der Waals surface area (Å²) in [5, 5.41) is 20.5. The topological polar surface area (TPSA) is 144 Å². The number of carbonyl (C=O) groups excluding carboxylic acids is 2. The van der Waals surface area contributed by atoms with Crippen LogP contribution in [0.3, 0.4) is 0 Å². The lowest BCUT2D eigenvalue weighted by Crippen LogP contribution is -2.48. The van der Waals surface area contributed by atoms with Gasteiger partial charge >= 0.3 is 0 Å². The van der Waals surface area contributed by atoms with Gasteiger partial charge in [-0.1, -0.05) is 74.5 Å². The van der Waals surface area contributed by atoms with Crippen molar-refractivity contribution < 1.29 is 19.9 Å². The van der Waals surface area contributed by atoms with Gasteiger partial charge in [0.2, 0.25) is 12.3 Å². The second-order valence-corrected chi connectivity index (χ2v) is 13.3. The van der Waals surface area contributed by atoms with Crippen LogP contribution >= 0.6 is 0 Å². The molecule has 2 fully saturated rings. The number of nitrogens with one attached hydrogen (secondary N) is 2. The number of amides is 2. The van der Waals surface area contributed by atoms with Gasteiger partial charge in [0, 0.05) is 70.2 Å². The molecule has 10 heteroatoms. The third-order valence-electron chi connectivity index (χ3n) is 8.08. The zero-order valence-corrected chi connectivity index (χ0v) is 31.4. The van der Waals surface area contributed by atoms with Gasteiger partial charge in [-0.3, -0.25) is 24.4 Å². The fourth-order valence-corrected chi connectivity index (χ4v) is 5.64. The van der Waals surface area contributed by atoms with Crippen LogP contribution in [0.1, 0.15) is 77.8 Å². The first kappa shape index (κ1) is 44.4. The number of pyridine rings is 1. The Morgan fingerprint density at radius 2 is 1.62 bits per heavy atom. The van der Waals surface area contributed by atoms with Crippen molar-refractivity contribution in [2.75, 3.05) is 39.8 Å². The summed E-state index contributed by atoms with van der Waals surface area (Å²) in [6, 6.07) is 13.9. The number of carbonyl (C=O) groups is 2. The number of β-amino-alcohol motifs (C(OH)–C–C–N with tert-alkyl or cyclic N) is 1. The van der Waals surface area contributed by atoms with E-state index in [0.29, 0.717) is 25.8 Å². The van der Waals surface area contributed by atoms with Gasteiger partial charge in [-0.05, 0) is 87.6 Å². The van der Waals surface area contributed by atoms with Crippen molar-refractivity contribution in [2.24, 2.45) is 11.7 Å². The van der Waals surface area contributed by atoms with E-state index >= 15 is 0 Å². The van der Waals surface area contributed by atoms with Crippen molar-refractivity contribution in [1.29, 1.82) is 0 Å². The molecule has 10 nitrogen and oxygen atoms in total. The molecule has 6 N–H and O–H groups in total. The van der Waals surface area contributed by atoms with E-state index in [2.05, 4.69) is 50.5 Å². The largest absolute Gasteiger partial charge is 0.392 e. The number of rotatable bonds is 10. The molecule has 2 amide bonds. The van der Waals surface area contributed by atoms with E-state index in [1.54, 1.807) is 22.8 Å². The van der Waals surface area contributed by atoms with E-state index < -0.39 is 6.10 Å². The number of aromatic nitrogens is 1. The zero-order chi connectivity index (χ0) is 37.2. The van der Waals surface area contributed by atoms with Crippen molar-refractivity contribution in [3.63, 3.8) is 0 Å². The number of hydrogen-bond donors (Lipinski definition) is 5. The van der Waals surface area contributed by atoms with Crippen LogP contribution in [0.5, 0.6) is 0 Å². The fourth-order valence-electron chi connectivity index (χ4n) is 5.64. The minimum atomic E-state index is -0.550. The molecule has 2 aliphatic carbocycles. The van der Waals surface area contributed by atoms with Crippen LogP contribution in [0.2, 0.25) is 0 Å². The molecule has 1 saturated carbocycles. The number of aliphatic hydroxyl groups excluding tert-OH is 1. The third-order valence-corrected chi connectivity index (χ3v) is 8.08. The van der Waals surface area contributed by atoms with Crippen LogP contribution in [0.15, 0.2) is 90.3 Å². The van der Waals surface area contributed by atoms with E-state index in [1.165, 1.54) is 31.9 Å². The number of fused-ring (bicyclic) bond motifs is 1. The van der Waals surface area contributed by atoms with Gasteiger partial charge in [0.15, 0.2) is 0 Å². The lowest BCUT2D eigenvalue weighted by atomic mass is 9.93. The van der Waals surface area contributed by atoms with Gasteiger partial charge < -0.3 is 21.4 Å². The molecule has 2 unspecified atom stereocenters. The lowest BCUT2D eigenvalue weighted by molar-refractivity contribution is -0.123. The molecule has 1 saturated heterocycles. The fraction of sp³-hybridized carbons (Fsp3) is 0.525. The van der Waals surface area contributed by atoms with E-state index in [4.69, 9.17) is 10.9 Å². The normalized spacial score (nSPS) is 16.6. The number of nitrogens with zero attached hydrogens (tertiary/aromatic N) is 3. The summed E-state index contributed by atoms with van der Waals surface area (Å²) < 4.78 is 0. The summed E-state index contributed by atoms with van der Waals surface area (Å²) in [5.41, 5.74) is 12.7. The Morgan fingerprint density at radius 3 is 2.18 bits per heavy atom. The van der Waals surface area contributed by atoms with Crippen LogP contribution in [0.4, 0.5) is 0 Å². The summed E-state index contributed by atoms with van der Waals surface area (Å²) in [7, 11) is 1.43. The molecule has 0 bridgehead atoms. The van der Waals surface area contributed by atoms with Crippen molar-refractivity contribution in [1.82, 2.24) is 25.6 Å². The van der Waals surface area contributed by atoms with Gasteiger partial charge in [-0.25, -0.2) is 5.48 Å². The van der Waals surface area contributed by atoms with Gasteiger partial charge in [0.25, 0.3) is 0 Å². The first-order chi connectivity index (χ1) is 24.0. The Bertz CT molecular complexity index is 1270. The molecular formula is C40H64N6O4. The maximum atomic E-state index is 11.8. The van der Waals surface area contributed by atoms with E-state index in [1.807, 2.05) is 77.2 Å². The standard InChI is InChI=1S/C22H30N4O2.C10H12.C5H11NO.C2H6.CH5NO/c23-22(28)20(13-18-5-2-1-3-6-18)14-21(27)17-26-11-9-25(10-12-26)16-19-7-4-8-24-15-19;1-2-5-9-7-4-8-10(9)6-3-1;1-5(2,3)6-4-7;1-2;1-2-3/h1-8,15,20-21,27H,9-14,16-17H2,(H2,23,28);1-2,5-6H,3-4,7-8H2;4H,1-3H3,(H,6,7);1-2H3;2-3H,1H3. The summed E-state index contributed by atoms with van der Waals surface area (Å²) >= 11 is 0. The molecule has 2 atom stereocenters. The maximum absolute atomic E-state index is 11.8. The van der Waals surface area contributed by atoms with Gasteiger partial charge in [0.1, 0.15) is 0 Å². The zero-order valence-electron chi connectivity index (χ0n) is 31.4. The molecule has 2 aromatic rings. The number of benzene rings is 1. The number of hydroxylamine groups is 1. The number of aliphatic hydroxyl groups is 1. The Hall–Kier alpha value is -3.67. The lowest BCUT2D eigenvalue weighted by Gasteiger charge is -2.35. The molecule has 0 spiro atoms. The molecular weight excluding hydrogens is 628 g/mol. The van der Waals surface area contributed by atoms with Crippen LogP contribution in [0, 0.1) is 5.92 Å². The molecule has 1 aromatic heterocycles. The Balaban J connectivity index is 0.000000460. The highest BCUT2D eigenvalue weighted by molar-refractivity contribution is 5.77. The molecule has 2 heterocycles. The number of hydrogen-bond acceptors (Lipinski definition) is 8. The predicted molar refractivity (Wildman–Crippen MR) is 204 cm³/mol. The Labute approximate surface area is 301 Å². The minimum Gasteiger partial charge on any atom is -0.392 e. The van der Waals surface area contributed by atoms with Gasteiger partial charge in [0.05, 0.1) is 6.10 Å². The molecule has 50 heavy (non-hydrogen) atoms. The van der Waals surface area contributed by atoms with E-state index in [9.17, 15) is 14.7 Å². The highest BCUT2D eigenvalue weighted by Gasteiger charge is 2.24. The molecule has 1 aromatic carbocycles. The van der Waals surface area contributed by atoms with Crippen LogP contribution < -0.4 is 16.5 Å². The van der Waals surface area contributed by atoms with Crippen molar-refractivity contribution in [3.05, 3.63) is 101 Å². The second-order valence-electron chi connectivity index (χ2n) is 13.3. The average Bonchev–Trinajstić information content (AvgIpc) is 3.43. The van der Waals surface area contributed by atoms with Crippen LogP contribution in [-0.2, 0) is 22.6 Å². The van der Waals surface area contributed by atoms with Crippen LogP contribution in [-0.4, -0.2) is 88.8 Å². The summed E-state index contributed by atoms with van der Waals surface area (Å²) in [4.78, 5) is 30.4. The summed E-state index contributed by atoms with van der Waals surface area (Å²) in [6.45, 7) is 15.0. The predicted octanol–water partition coefficient (Wildman–Crippen LogP) is 5.43. The average molecular weight is 693 g/mol. The second kappa shape index (κ2) is 26.2. The molecule has 3 aliphatic rings. The monoisotopic (exact) mass is 692 g/mol. The Kier molecular flexibility index (Phi) is 23.2. The number of piperazine rings is 1. The molecule has 5 rings (SSSR count). The molecule has 1 aliphatic heterocycles.